The molecule has 0 aliphatic heterocycles. The maximum absolute atomic E-state index is 12.6. The fourth-order valence-corrected chi connectivity index (χ4v) is 4.65. The fraction of sp³-hybridized carbons (Fsp3) is 0.240. The molecule has 0 bridgehead atoms. The van der Waals surface area contributed by atoms with E-state index >= 15 is 0 Å². The third-order valence-corrected chi connectivity index (χ3v) is 7.70. The van der Waals surface area contributed by atoms with Crippen LogP contribution in [-0.4, -0.2) is 40.9 Å². The molecule has 2 aromatic heterocycles. The lowest BCUT2D eigenvalue weighted by atomic mass is 10.1. The van der Waals surface area contributed by atoms with Crippen LogP contribution in [0.3, 0.4) is 0 Å². The molecule has 0 aliphatic rings. The highest BCUT2D eigenvalue weighted by Gasteiger charge is 2.24. The molecule has 0 saturated heterocycles. The van der Waals surface area contributed by atoms with Crippen LogP contribution in [0.5, 0.6) is 0 Å². The molecule has 0 atom stereocenters. The first-order chi connectivity index (χ1) is 16.7. The average molecular weight is 493 g/mol. The number of rotatable bonds is 7. The van der Waals surface area contributed by atoms with E-state index in [1.54, 1.807) is 33.0 Å². The van der Waals surface area contributed by atoms with Crippen molar-refractivity contribution in [1.82, 2.24) is 25.5 Å². The molecule has 0 aliphatic carbocycles. The highest BCUT2D eigenvalue weighted by Crippen LogP contribution is 2.29. The Morgan fingerprint density at radius 1 is 1.09 bits per heavy atom. The van der Waals surface area contributed by atoms with E-state index in [1.165, 1.54) is 12.1 Å². The van der Waals surface area contributed by atoms with Crippen molar-refractivity contribution in [2.45, 2.75) is 37.5 Å². The molecule has 0 spiro atoms. The predicted molar refractivity (Wildman–Crippen MR) is 135 cm³/mol. The average Bonchev–Trinajstić information content (AvgIpc) is 3.34. The second kappa shape index (κ2) is 9.74. The lowest BCUT2D eigenvalue weighted by molar-refractivity contribution is 0.581. The van der Waals surface area contributed by atoms with Crippen molar-refractivity contribution in [3.05, 3.63) is 65.5 Å². The molecule has 9 nitrogen and oxygen atoms in total. The van der Waals surface area contributed by atoms with Crippen molar-refractivity contribution < 1.29 is 15.7 Å². The van der Waals surface area contributed by atoms with E-state index in [0.717, 1.165) is 17.7 Å². The quantitative estimate of drug-likeness (QED) is 0.397. The Hall–Kier alpha value is -3.94. The second-order valence-electron chi connectivity index (χ2n) is 8.25. The lowest BCUT2D eigenvalue weighted by Crippen LogP contribution is -2.15. The number of benzene rings is 2. The summed E-state index contributed by atoms with van der Waals surface area (Å²) in [7, 11) is -1.71. The van der Waals surface area contributed by atoms with Gasteiger partial charge >= 0.3 is 0 Å². The van der Waals surface area contributed by atoms with Crippen molar-refractivity contribution in [3.63, 3.8) is 0 Å². The molecule has 10 heteroatoms. The van der Waals surface area contributed by atoms with Gasteiger partial charge in [-0.2, -0.15) is 5.26 Å². The summed E-state index contributed by atoms with van der Waals surface area (Å²) in [6.07, 6.45) is 1.56. The third-order valence-electron chi connectivity index (χ3n) is 5.49. The van der Waals surface area contributed by atoms with Crippen molar-refractivity contribution in [2.24, 2.45) is 0 Å². The molecule has 4 rings (SSSR count). The van der Waals surface area contributed by atoms with Crippen LogP contribution < -0.4 is 5.32 Å². The first-order valence-electron chi connectivity index (χ1n) is 10.9. The highest BCUT2D eigenvalue weighted by atomic mass is 32.2. The van der Waals surface area contributed by atoms with Crippen LogP contribution in [0.1, 0.15) is 33.5 Å². The number of sulfone groups is 1. The summed E-state index contributed by atoms with van der Waals surface area (Å²) in [5.41, 5.74) is 3.98. The molecule has 0 fully saturated rings. The molecule has 1 N–H and O–H groups in total. The van der Waals surface area contributed by atoms with E-state index in [4.69, 9.17) is 4.42 Å². The van der Waals surface area contributed by atoms with Gasteiger partial charge in [0.25, 0.3) is 5.89 Å². The molecular weight excluding hydrogens is 464 g/mol. The zero-order valence-corrected chi connectivity index (χ0v) is 20.6. The number of nitrogens with zero attached hydrogens (tertiary/aromatic N) is 5. The van der Waals surface area contributed by atoms with Gasteiger partial charge in [-0.15, -0.1) is 10.2 Å². The summed E-state index contributed by atoms with van der Waals surface area (Å²) in [6.45, 7) is 5.70. The van der Waals surface area contributed by atoms with Gasteiger partial charge in [-0.25, -0.2) is 13.4 Å². The molecule has 0 saturated carbocycles. The normalized spacial score (nSPS) is 11.5. The summed E-state index contributed by atoms with van der Waals surface area (Å²) >= 11 is 0. The predicted octanol–water partition coefficient (Wildman–Crippen LogP) is 4.43. The number of hydrogen-bond acceptors (Lipinski definition) is 9. The molecule has 0 radical (unpaired) electrons. The Kier molecular flexibility index (Phi) is 6.73. The topological polar surface area (TPSA) is 135 Å². The van der Waals surface area contributed by atoms with Gasteiger partial charge in [-0.3, -0.25) is 4.98 Å². The number of aromatic nitrogens is 4. The second-order valence-corrected chi connectivity index (χ2v) is 10.7. The molecule has 0 unspecified atom stereocenters. The minimum absolute atomic E-state index is 0. The Morgan fingerprint density at radius 3 is 2.43 bits per heavy atom. The van der Waals surface area contributed by atoms with E-state index in [-0.39, 0.29) is 19.2 Å². The summed E-state index contributed by atoms with van der Waals surface area (Å²) in [4.78, 5) is 9.04. The smallest absolute Gasteiger partial charge is 0.268 e. The number of aryl methyl sites for hydroxylation is 1. The maximum atomic E-state index is 12.6. The van der Waals surface area contributed by atoms with Gasteiger partial charge in [0.1, 0.15) is 11.8 Å². The van der Waals surface area contributed by atoms with E-state index in [9.17, 15) is 13.7 Å². The van der Waals surface area contributed by atoms with Gasteiger partial charge in [0.05, 0.1) is 33.3 Å². The largest absolute Gasteiger partial charge is 0.415 e. The van der Waals surface area contributed by atoms with E-state index in [0.29, 0.717) is 28.5 Å². The van der Waals surface area contributed by atoms with E-state index in [2.05, 4.69) is 25.5 Å². The van der Waals surface area contributed by atoms with Gasteiger partial charge in [-0.05, 0) is 57.6 Å². The van der Waals surface area contributed by atoms with Crippen molar-refractivity contribution in [3.8, 4) is 40.4 Å². The number of hydrogen-bond donors (Lipinski definition) is 1. The Bertz CT molecular complexity index is 1530. The Balaban J connectivity index is 0.00000241. The third kappa shape index (κ3) is 4.82. The van der Waals surface area contributed by atoms with Gasteiger partial charge in [0, 0.05) is 20.5 Å². The number of nitriles is 1. The maximum Gasteiger partial charge on any atom is 0.268 e. The van der Waals surface area contributed by atoms with Crippen LogP contribution in [-0.2, 0) is 16.4 Å². The monoisotopic (exact) mass is 492 g/mol. The lowest BCUT2D eigenvalue weighted by Gasteiger charge is -2.11. The van der Waals surface area contributed by atoms with Crippen molar-refractivity contribution in [1.29, 1.82) is 5.26 Å². The minimum Gasteiger partial charge on any atom is -0.415 e. The fourth-order valence-electron chi connectivity index (χ4n) is 3.47. The molecule has 2 heterocycles. The molecule has 182 valence electrons. The molecule has 4 aromatic rings. The first kappa shape index (κ1) is 24.2. The van der Waals surface area contributed by atoms with Crippen LogP contribution >= 0.6 is 0 Å². The van der Waals surface area contributed by atoms with Gasteiger partial charge in [0.2, 0.25) is 5.89 Å². The molecular formula is C25H28N6O3S. The zero-order valence-electron chi connectivity index (χ0n) is 19.8. The summed E-state index contributed by atoms with van der Waals surface area (Å²) < 4.78 is 31.1. The van der Waals surface area contributed by atoms with Crippen LogP contribution in [0.4, 0.5) is 0 Å². The van der Waals surface area contributed by atoms with Crippen molar-refractivity contribution >= 4 is 9.84 Å². The highest BCUT2D eigenvalue weighted by molar-refractivity contribution is 7.92. The van der Waals surface area contributed by atoms with Gasteiger partial charge < -0.3 is 9.73 Å². The first-order valence-corrected chi connectivity index (χ1v) is 12.5. The summed E-state index contributed by atoms with van der Waals surface area (Å²) in [5, 5.41) is 20.4. The van der Waals surface area contributed by atoms with Gasteiger partial charge in [-0.1, -0.05) is 18.2 Å². The van der Waals surface area contributed by atoms with E-state index in [1.807, 2.05) is 37.4 Å². The van der Waals surface area contributed by atoms with Crippen LogP contribution in [0.2, 0.25) is 0 Å². The number of nitrogens with one attached hydrogen (secondary N) is 1. The Morgan fingerprint density at radius 2 is 1.77 bits per heavy atom. The molecule has 0 amide bonds. The Labute approximate surface area is 206 Å². The molecule has 35 heavy (non-hydrogen) atoms. The van der Waals surface area contributed by atoms with Crippen LogP contribution in [0, 0.1) is 18.3 Å². The van der Waals surface area contributed by atoms with Crippen LogP contribution in [0.15, 0.2) is 58.0 Å². The molecule has 2 aromatic carbocycles. The van der Waals surface area contributed by atoms with Gasteiger partial charge in [0.15, 0.2) is 9.84 Å². The minimum atomic E-state index is -3.60. The van der Waals surface area contributed by atoms with Crippen LogP contribution in [0.25, 0.3) is 34.3 Å². The van der Waals surface area contributed by atoms with E-state index < -0.39 is 15.1 Å². The standard InChI is InChI=1S/C25H24N6O3S.2H2/c1-15(2)35(32,33)22-10-9-19(11-20(22)12-26)21-14-28-16(3)23(29-21)25-31-30-24(34-25)18-7-5-17(6-8-18)13-27-4;;/h5-11,14-15,27H,13H2,1-4H3;2*1H. The van der Waals surface area contributed by atoms with Crippen molar-refractivity contribution in [2.75, 3.05) is 7.05 Å². The zero-order chi connectivity index (χ0) is 25.2. The SMILES string of the molecule is CNCc1ccc(-c2nnc(-c3nc(-c4ccc(S(=O)(=O)C(C)C)c(C#N)c4)cnc3C)o2)cc1.[HH].[HH]. The summed E-state index contributed by atoms with van der Waals surface area (Å²) in [5.74, 6) is 0.572. The summed E-state index contributed by atoms with van der Waals surface area (Å²) in [6, 6.07) is 14.3.